The Bertz CT molecular complexity index is 369. The first-order valence-corrected chi connectivity index (χ1v) is 6.95. The van der Waals surface area contributed by atoms with Crippen molar-refractivity contribution in [2.24, 2.45) is 0 Å². The second-order valence-electron chi connectivity index (χ2n) is 4.16. The van der Waals surface area contributed by atoms with Crippen molar-refractivity contribution in [2.45, 2.75) is 17.9 Å². The number of carbonyl (C=O) groups excluding carboxylic acids is 1. The Morgan fingerprint density at radius 3 is 2.94 bits per heavy atom. The van der Waals surface area contributed by atoms with E-state index in [1.807, 2.05) is 24.8 Å². The third kappa shape index (κ3) is 3.48. The molecule has 1 heterocycles. The Hall–Kier alpha value is -1.00. The van der Waals surface area contributed by atoms with Crippen LogP contribution in [0.1, 0.15) is 6.92 Å². The normalized spacial score (nSPS) is 21.2. The quantitative estimate of drug-likeness (QED) is 0.824. The van der Waals surface area contributed by atoms with Gasteiger partial charge in [0.1, 0.15) is 0 Å². The highest BCUT2D eigenvalue weighted by molar-refractivity contribution is 7.99. The maximum atomic E-state index is 11.5. The highest BCUT2D eigenvalue weighted by atomic mass is 32.2. The van der Waals surface area contributed by atoms with Crippen molar-refractivity contribution < 1.29 is 4.79 Å². The molecule has 1 fully saturated rings. The number of amides is 1. The fourth-order valence-corrected chi connectivity index (χ4v) is 2.84. The summed E-state index contributed by atoms with van der Waals surface area (Å²) in [6.07, 6.45) is 0. The number of carbonyl (C=O) groups is 1. The lowest BCUT2D eigenvalue weighted by Gasteiger charge is -2.32. The van der Waals surface area contributed by atoms with Crippen LogP contribution in [0.4, 0.5) is 0 Å². The molecule has 0 spiro atoms. The van der Waals surface area contributed by atoms with E-state index in [4.69, 9.17) is 0 Å². The molecule has 0 aromatic heterocycles. The first kappa shape index (κ1) is 12.5. The Labute approximate surface area is 107 Å². The van der Waals surface area contributed by atoms with Crippen LogP contribution in [0.2, 0.25) is 0 Å². The van der Waals surface area contributed by atoms with Crippen LogP contribution < -0.4 is 5.32 Å². The van der Waals surface area contributed by atoms with Crippen molar-refractivity contribution in [2.75, 3.05) is 25.4 Å². The maximum Gasteiger partial charge on any atom is 0.237 e. The summed E-state index contributed by atoms with van der Waals surface area (Å²) in [6, 6.07) is 10.4. The Morgan fingerprint density at radius 1 is 1.41 bits per heavy atom. The molecule has 1 amide bonds. The molecule has 4 heteroatoms. The summed E-state index contributed by atoms with van der Waals surface area (Å²) < 4.78 is 0. The van der Waals surface area contributed by atoms with Gasteiger partial charge in [0.15, 0.2) is 0 Å². The molecule has 0 saturated carbocycles. The lowest BCUT2D eigenvalue weighted by Crippen LogP contribution is -2.54. The van der Waals surface area contributed by atoms with Crippen LogP contribution in [-0.4, -0.2) is 42.2 Å². The number of piperazine rings is 1. The predicted octanol–water partition coefficient (Wildman–Crippen LogP) is 1.60. The predicted molar refractivity (Wildman–Crippen MR) is 71.2 cm³/mol. The van der Waals surface area contributed by atoms with E-state index in [9.17, 15) is 4.79 Å². The van der Waals surface area contributed by atoms with Crippen molar-refractivity contribution >= 4 is 17.7 Å². The lowest BCUT2D eigenvalue weighted by molar-refractivity contribution is -0.128. The highest BCUT2D eigenvalue weighted by Crippen LogP contribution is 2.17. The molecule has 2 rings (SSSR count). The van der Waals surface area contributed by atoms with Crippen molar-refractivity contribution in [1.82, 2.24) is 10.2 Å². The van der Waals surface area contributed by atoms with Gasteiger partial charge in [-0.15, -0.1) is 11.8 Å². The SMILES string of the molecule is CC1C(=O)NCCN1CCSc1ccccc1. The fraction of sp³-hybridized carbons (Fsp3) is 0.462. The smallest absolute Gasteiger partial charge is 0.237 e. The minimum Gasteiger partial charge on any atom is -0.353 e. The van der Waals surface area contributed by atoms with Gasteiger partial charge in [-0.3, -0.25) is 9.69 Å². The van der Waals surface area contributed by atoms with Gasteiger partial charge in [-0.25, -0.2) is 0 Å². The third-order valence-corrected chi connectivity index (χ3v) is 4.01. The van der Waals surface area contributed by atoms with Gasteiger partial charge in [0.2, 0.25) is 5.91 Å². The maximum absolute atomic E-state index is 11.5. The van der Waals surface area contributed by atoms with Crippen molar-refractivity contribution in [3.8, 4) is 0 Å². The molecule has 1 aliphatic rings. The average molecular weight is 250 g/mol. The third-order valence-electron chi connectivity index (χ3n) is 3.02. The molecule has 1 aromatic carbocycles. The van der Waals surface area contributed by atoms with Crippen LogP contribution in [0.15, 0.2) is 35.2 Å². The fourth-order valence-electron chi connectivity index (χ4n) is 1.93. The van der Waals surface area contributed by atoms with E-state index >= 15 is 0 Å². The molecular weight excluding hydrogens is 232 g/mol. The monoisotopic (exact) mass is 250 g/mol. The Kier molecular flexibility index (Phi) is 4.45. The molecule has 3 nitrogen and oxygen atoms in total. The van der Waals surface area contributed by atoms with Gasteiger partial charge in [-0.05, 0) is 19.1 Å². The molecule has 0 bridgehead atoms. The van der Waals surface area contributed by atoms with E-state index in [1.54, 1.807) is 0 Å². The number of benzene rings is 1. The summed E-state index contributed by atoms with van der Waals surface area (Å²) in [5.74, 6) is 1.18. The molecule has 1 unspecified atom stereocenters. The van der Waals surface area contributed by atoms with E-state index < -0.39 is 0 Å². The minimum absolute atomic E-state index is 0.0140. The molecule has 1 aromatic rings. The van der Waals surface area contributed by atoms with Crippen LogP contribution >= 0.6 is 11.8 Å². The van der Waals surface area contributed by atoms with Gasteiger partial charge in [-0.1, -0.05) is 18.2 Å². The van der Waals surface area contributed by atoms with Crippen LogP contribution in [0.3, 0.4) is 0 Å². The number of rotatable bonds is 4. The van der Waals surface area contributed by atoms with Crippen molar-refractivity contribution in [3.63, 3.8) is 0 Å². The molecule has 1 saturated heterocycles. The van der Waals surface area contributed by atoms with Crippen LogP contribution in [0, 0.1) is 0 Å². The molecule has 17 heavy (non-hydrogen) atoms. The van der Waals surface area contributed by atoms with Crippen molar-refractivity contribution in [3.05, 3.63) is 30.3 Å². The summed E-state index contributed by atoms with van der Waals surface area (Å²) >= 11 is 1.84. The Balaban J connectivity index is 1.76. The molecule has 1 N–H and O–H groups in total. The number of nitrogens with zero attached hydrogens (tertiary/aromatic N) is 1. The molecule has 0 radical (unpaired) electrons. The number of hydrogen-bond donors (Lipinski definition) is 1. The zero-order valence-electron chi connectivity index (χ0n) is 10.1. The summed E-state index contributed by atoms with van der Waals surface area (Å²) in [4.78, 5) is 15.0. The summed E-state index contributed by atoms with van der Waals surface area (Å²) in [7, 11) is 0. The minimum atomic E-state index is 0.0140. The van der Waals surface area contributed by atoms with Gasteiger partial charge in [0.25, 0.3) is 0 Å². The lowest BCUT2D eigenvalue weighted by atomic mass is 10.2. The van der Waals surface area contributed by atoms with Gasteiger partial charge in [0, 0.05) is 30.3 Å². The second kappa shape index (κ2) is 6.07. The molecule has 1 atom stereocenters. The van der Waals surface area contributed by atoms with Crippen molar-refractivity contribution in [1.29, 1.82) is 0 Å². The standard InChI is InChI=1S/C13H18N2OS/c1-11-13(16)14-7-8-15(11)9-10-17-12-5-3-2-4-6-12/h2-6,11H,7-10H2,1H3,(H,14,16). The summed E-state index contributed by atoms with van der Waals surface area (Å²) in [6.45, 7) is 4.68. The number of nitrogens with one attached hydrogen (secondary N) is 1. The first-order chi connectivity index (χ1) is 8.27. The molecule has 92 valence electrons. The van der Waals surface area contributed by atoms with E-state index in [2.05, 4.69) is 34.5 Å². The highest BCUT2D eigenvalue weighted by Gasteiger charge is 2.24. The zero-order valence-corrected chi connectivity index (χ0v) is 10.9. The molecular formula is C13H18N2OS. The van der Waals surface area contributed by atoms with Crippen LogP contribution in [0.5, 0.6) is 0 Å². The Morgan fingerprint density at radius 2 is 2.18 bits per heavy atom. The van der Waals surface area contributed by atoms with Crippen LogP contribution in [-0.2, 0) is 4.79 Å². The van der Waals surface area contributed by atoms with Crippen LogP contribution in [0.25, 0.3) is 0 Å². The van der Waals surface area contributed by atoms with E-state index in [0.29, 0.717) is 0 Å². The largest absolute Gasteiger partial charge is 0.353 e. The topological polar surface area (TPSA) is 32.3 Å². The number of hydrogen-bond acceptors (Lipinski definition) is 3. The van der Waals surface area contributed by atoms with E-state index in [1.165, 1.54) is 4.90 Å². The first-order valence-electron chi connectivity index (χ1n) is 5.97. The molecule has 1 aliphatic heterocycles. The number of thioether (sulfide) groups is 1. The zero-order chi connectivity index (χ0) is 12.1. The van der Waals surface area contributed by atoms with Gasteiger partial charge >= 0.3 is 0 Å². The second-order valence-corrected chi connectivity index (χ2v) is 5.33. The van der Waals surface area contributed by atoms with Gasteiger partial charge in [-0.2, -0.15) is 0 Å². The van der Waals surface area contributed by atoms with E-state index in [-0.39, 0.29) is 11.9 Å². The summed E-state index contributed by atoms with van der Waals surface area (Å²) in [5.41, 5.74) is 0. The molecule has 0 aliphatic carbocycles. The van der Waals surface area contributed by atoms with Gasteiger partial charge in [0.05, 0.1) is 6.04 Å². The van der Waals surface area contributed by atoms with Gasteiger partial charge < -0.3 is 5.32 Å². The summed E-state index contributed by atoms with van der Waals surface area (Å²) in [5, 5.41) is 2.88. The van der Waals surface area contributed by atoms with E-state index in [0.717, 1.165) is 25.4 Å². The average Bonchev–Trinajstić information content (AvgIpc) is 2.36.